The van der Waals surface area contributed by atoms with Gasteiger partial charge in [0.1, 0.15) is 0 Å². The summed E-state index contributed by atoms with van der Waals surface area (Å²) < 4.78 is 0. The van der Waals surface area contributed by atoms with Gasteiger partial charge in [0, 0.05) is 37.6 Å². The first-order valence-electron chi connectivity index (χ1n) is 6.44. The molecule has 0 saturated carbocycles. The Morgan fingerprint density at radius 3 is 2.24 bits per heavy atom. The van der Waals surface area contributed by atoms with Gasteiger partial charge >= 0.3 is 0 Å². The molecule has 0 N–H and O–H groups in total. The predicted molar refractivity (Wildman–Crippen MR) is 72.3 cm³/mol. The van der Waals surface area contributed by atoms with Crippen molar-refractivity contribution in [1.29, 1.82) is 0 Å². The molecule has 1 saturated heterocycles. The molecule has 0 spiro atoms. The minimum absolute atomic E-state index is 0.464. The van der Waals surface area contributed by atoms with E-state index >= 15 is 0 Å². The molecule has 0 bridgehead atoms. The van der Waals surface area contributed by atoms with E-state index in [0.717, 1.165) is 19.0 Å². The quantitative estimate of drug-likeness (QED) is 0.747. The van der Waals surface area contributed by atoms with Crippen molar-refractivity contribution in [3.63, 3.8) is 0 Å². The van der Waals surface area contributed by atoms with E-state index in [-0.39, 0.29) is 0 Å². The lowest BCUT2D eigenvalue weighted by Crippen LogP contribution is -2.56. The van der Waals surface area contributed by atoms with Crippen molar-refractivity contribution in [2.75, 3.05) is 25.0 Å². The predicted octanol–water partition coefficient (Wildman–Crippen LogP) is 2.03. The maximum atomic E-state index is 4.31. The number of aromatic nitrogens is 2. The Morgan fingerprint density at radius 1 is 1.06 bits per heavy atom. The molecule has 4 nitrogen and oxygen atoms in total. The van der Waals surface area contributed by atoms with Gasteiger partial charge in [0.25, 0.3) is 0 Å². The molecule has 96 valence electrons. The van der Waals surface area contributed by atoms with Crippen molar-refractivity contribution in [3.8, 4) is 0 Å². The van der Waals surface area contributed by atoms with Crippen LogP contribution in [-0.2, 0) is 0 Å². The minimum atomic E-state index is 0.464. The van der Waals surface area contributed by atoms with E-state index in [1.807, 2.05) is 19.9 Å². The maximum Gasteiger partial charge on any atom is 0.225 e. The zero-order valence-corrected chi connectivity index (χ0v) is 11.6. The average Bonchev–Trinajstić information content (AvgIpc) is 2.40. The van der Waals surface area contributed by atoms with Gasteiger partial charge in [-0.2, -0.15) is 0 Å². The van der Waals surface area contributed by atoms with Crippen LogP contribution in [0.5, 0.6) is 0 Å². The molecule has 4 heteroatoms. The Balaban J connectivity index is 0.000000686. The molecule has 1 fully saturated rings. The van der Waals surface area contributed by atoms with Crippen LogP contribution in [0, 0.1) is 0 Å². The van der Waals surface area contributed by atoms with E-state index in [0.29, 0.717) is 12.1 Å². The lowest BCUT2D eigenvalue weighted by molar-refractivity contribution is 0.194. The second-order valence-corrected chi connectivity index (χ2v) is 4.20. The van der Waals surface area contributed by atoms with E-state index in [9.17, 15) is 0 Å². The summed E-state index contributed by atoms with van der Waals surface area (Å²) in [5, 5.41) is 0. The third kappa shape index (κ3) is 3.16. The molecule has 1 aliphatic heterocycles. The summed E-state index contributed by atoms with van der Waals surface area (Å²) in [4.78, 5) is 13.3. The van der Waals surface area contributed by atoms with E-state index < -0.39 is 0 Å². The van der Waals surface area contributed by atoms with Crippen LogP contribution in [0.4, 0.5) is 5.95 Å². The Bertz CT molecular complexity index is 314. The first-order valence-corrected chi connectivity index (χ1v) is 6.44. The SMILES string of the molecule is CC.CC1C(C)N(c2ncccn2)CCN1C. The number of likely N-dealkylation sites (N-methyl/N-ethyl adjacent to an activating group) is 1. The van der Waals surface area contributed by atoms with Gasteiger partial charge in [-0.15, -0.1) is 0 Å². The summed E-state index contributed by atoms with van der Waals surface area (Å²) in [7, 11) is 2.17. The lowest BCUT2D eigenvalue weighted by Gasteiger charge is -2.43. The van der Waals surface area contributed by atoms with Crippen molar-refractivity contribution < 1.29 is 0 Å². The highest BCUT2D eigenvalue weighted by Gasteiger charge is 2.29. The molecule has 1 aromatic rings. The molecule has 0 aromatic carbocycles. The topological polar surface area (TPSA) is 32.3 Å². The van der Waals surface area contributed by atoms with Crippen molar-refractivity contribution in [3.05, 3.63) is 18.5 Å². The van der Waals surface area contributed by atoms with E-state index in [1.165, 1.54) is 0 Å². The van der Waals surface area contributed by atoms with Crippen LogP contribution >= 0.6 is 0 Å². The van der Waals surface area contributed by atoms with E-state index in [2.05, 4.69) is 40.7 Å². The maximum absolute atomic E-state index is 4.31. The van der Waals surface area contributed by atoms with Gasteiger partial charge in [0.05, 0.1) is 0 Å². The number of rotatable bonds is 1. The largest absolute Gasteiger partial charge is 0.335 e. The monoisotopic (exact) mass is 236 g/mol. The molecule has 0 amide bonds. The minimum Gasteiger partial charge on any atom is -0.335 e. The highest BCUT2D eigenvalue weighted by molar-refractivity contribution is 5.32. The Morgan fingerprint density at radius 2 is 1.65 bits per heavy atom. The zero-order valence-electron chi connectivity index (χ0n) is 11.6. The van der Waals surface area contributed by atoms with Gasteiger partial charge in [0.2, 0.25) is 5.95 Å². The Labute approximate surface area is 105 Å². The first-order chi connectivity index (χ1) is 8.20. The third-order valence-corrected chi connectivity index (χ3v) is 3.39. The molecule has 2 rings (SSSR count). The van der Waals surface area contributed by atoms with Gasteiger partial charge in [-0.3, -0.25) is 4.90 Å². The summed E-state index contributed by atoms with van der Waals surface area (Å²) in [6.45, 7) is 10.6. The third-order valence-electron chi connectivity index (χ3n) is 3.39. The van der Waals surface area contributed by atoms with Crippen LogP contribution in [0.3, 0.4) is 0 Å². The van der Waals surface area contributed by atoms with Crippen molar-refractivity contribution in [2.24, 2.45) is 0 Å². The number of nitrogens with zero attached hydrogens (tertiary/aromatic N) is 4. The van der Waals surface area contributed by atoms with E-state index in [1.54, 1.807) is 12.4 Å². The standard InChI is InChI=1S/C11H18N4.C2H6/c1-9-10(2)15(8-7-14(9)3)11-12-5-4-6-13-11;1-2/h4-6,9-10H,7-8H2,1-3H3;1-2H3. The zero-order chi connectivity index (χ0) is 12.8. The number of anilines is 1. The summed E-state index contributed by atoms with van der Waals surface area (Å²) in [5.41, 5.74) is 0. The molecule has 0 radical (unpaired) electrons. The van der Waals surface area contributed by atoms with Crippen molar-refractivity contribution in [2.45, 2.75) is 39.8 Å². The van der Waals surface area contributed by atoms with Crippen LogP contribution in [0.1, 0.15) is 27.7 Å². The highest BCUT2D eigenvalue weighted by Crippen LogP contribution is 2.19. The molecule has 0 aliphatic carbocycles. The normalized spacial score (nSPS) is 25.1. The van der Waals surface area contributed by atoms with Gasteiger partial charge < -0.3 is 4.90 Å². The van der Waals surface area contributed by atoms with E-state index in [4.69, 9.17) is 0 Å². The van der Waals surface area contributed by atoms with Gasteiger partial charge in [-0.05, 0) is 27.0 Å². The molecule has 1 aliphatic rings. The summed E-state index contributed by atoms with van der Waals surface area (Å²) >= 11 is 0. The second-order valence-electron chi connectivity index (χ2n) is 4.20. The number of piperazine rings is 1. The fourth-order valence-corrected chi connectivity index (χ4v) is 2.02. The second kappa shape index (κ2) is 6.55. The van der Waals surface area contributed by atoms with Gasteiger partial charge in [0.15, 0.2) is 0 Å². The van der Waals surface area contributed by atoms with Crippen molar-refractivity contribution >= 4 is 5.95 Å². The van der Waals surface area contributed by atoms with Gasteiger partial charge in [-0.25, -0.2) is 9.97 Å². The van der Waals surface area contributed by atoms with Crippen LogP contribution in [-0.4, -0.2) is 47.1 Å². The number of hydrogen-bond acceptors (Lipinski definition) is 4. The molecule has 17 heavy (non-hydrogen) atoms. The Hall–Kier alpha value is -1.16. The van der Waals surface area contributed by atoms with Crippen molar-refractivity contribution in [1.82, 2.24) is 14.9 Å². The molecule has 2 atom stereocenters. The summed E-state index contributed by atoms with van der Waals surface area (Å²) in [6, 6.07) is 2.86. The molecule has 2 unspecified atom stereocenters. The van der Waals surface area contributed by atoms with Crippen LogP contribution in [0.15, 0.2) is 18.5 Å². The van der Waals surface area contributed by atoms with Crippen LogP contribution < -0.4 is 4.90 Å². The number of hydrogen-bond donors (Lipinski definition) is 0. The average molecular weight is 236 g/mol. The molecular formula is C13H24N4. The summed E-state index contributed by atoms with van der Waals surface area (Å²) in [5.74, 6) is 0.852. The summed E-state index contributed by atoms with van der Waals surface area (Å²) in [6.07, 6.45) is 3.61. The highest BCUT2D eigenvalue weighted by atomic mass is 15.3. The van der Waals surface area contributed by atoms with Crippen LogP contribution in [0.2, 0.25) is 0 Å². The molecule has 2 heterocycles. The smallest absolute Gasteiger partial charge is 0.225 e. The lowest BCUT2D eigenvalue weighted by atomic mass is 10.1. The fraction of sp³-hybridized carbons (Fsp3) is 0.692. The first kappa shape index (κ1) is 13.9. The molecular weight excluding hydrogens is 212 g/mol. The molecule has 1 aromatic heterocycles. The van der Waals surface area contributed by atoms with Gasteiger partial charge in [-0.1, -0.05) is 13.8 Å². The van der Waals surface area contributed by atoms with Crippen LogP contribution in [0.25, 0.3) is 0 Å². The fourth-order valence-electron chi connectivity index (χ4n) is 2.02. The Kier molecular flexibility index (Phi) is 5.35.